The Balaban J connectivity index is 1.42. The van der Waals surface area contributed by atoms with E-state index in [0.717, 1.165) is 76.0 Å². The number of nitrogens with zero attached hydrogens (tertiary/aromatic N) is 4. The van der Waals surface area contributed by atoms with Crippen molar-refractivity contribution < 1.29 is 9.90 Å². The Morgan fingerprint density at radius 1 is 1.23 bits per heavy atom. The van der Waals surface area contributed by atoms with Gasteiger partial charge in [0.2, 0.25) is 5.91 Å². The van der Waals surface area contributed by atoms with E-state index < -0.39 is 5.60 Å². The van der Waals surface area contributed by atoms with Crippen LogP contribution in [0.15, 0.2) is 49.2 Å². The molecule has 2 aromatic heterocycles. The Kier molecular flexibility index (Phi) is 6.01. The number of H-pyrrole nitrogens is 1. The van der Waals surface area contributed by atoms with Crippen LogP contribution in [-0.2, 0) is 11.2 Å². The first-order valence-electron chi connectivity index (χ1n) is 13.4. The minimum Gasteiger partial charge on any atom is -0.390 e. The normalized spacial score (nSPS) is 16.9. The van der Waals surface area contributed by atoms with Crippen molar-refractivity contribution in [2.75, 3.05) is 13.1 Å². The Labute approximate surface area is 233 Å². The number of aliphatic hydroxyl groups is 1. The molecule has 1 saturated heterocycles. The Morgan fingerprint density at radius 3 is 2.56 bits per heavy atom. The second-order valence-electron chi connectivity index (χ2n) is 12.1. The number of carbonyl (C=O) groups excluding carboxylic acids is 1. The highest BCUT2D eigenvalue weighted by molar-refractivity contribution is 6.36. The molecular formula is C31H34ClN5O2. The molecule has 1 spiro atoms. The zero-order valence-electron chi connectivity index (χ0n) is 22.9. The lowest BCUT2D eigenvalue weighted by Crippen LogP contribution is -2.63. The summed E-state index contributed by atoms with van der Waals surface area (Å²) < 4.78 is 2.17. The number of fused-ring (bicyclic) bond motifs is 1. The number of aromatic nitrogens is 4. The quantitative estimate of drug-likeness (QED) is 0.291. The summed E-state index contributed by atoms with van der Waals surface area (Å²) in [6.45, 7) is 13.0. The molecule has 0 bridgehead atoms. The average Bonchev–Trinajstić information content (AvgIpc) is 3.42. The van der Waals surface area contributed by atoms with Crippen LogP contribution < -0.4 is 0 Å². The number of nitrogens with one attached hydrogen (secondary N) is 1. The second kappa shape index (κ2) is 9.07. The number of aromatic amines is 1. The summed E-state index contributed by atoms with van der Waals surface area (Å²) in [7, 11) is 0. The standard InChI is InChI=1S/C31H34ClN5O2/c1-6-25(38)36-16-31(17-36)13-22(14-31)37-19(3)26(27-23-15-33-34-24(23)11-18(2)28(27)32)29(35-37)21-9-7-20(8-10-21)12-30(4,5)39/h6-11,15,22,39H,1,12-14,16-17H2,2-5H3,(H,33,34). The lowest BCUT2D eigenvalue weighted by molar-refractivity contribution is -0.149. The number of hydrogen-bond donors (Lipinski definition) is 2. The van der Waals surface area contributed by atoms with Crippen LogP contribution in [0.3, 0.4) is 0 Å². The van der Waals surface area contributed by atoms with E-state index in [-0.39, 0.29) is 17.4 Å². The molecule has 1 aliphatic carbocycles. The van der Waals surface area contributed by atoms with Gasteiger partial charge in [-0.1, -0.05) is 42.4 Å². The molecule has 0 unspecified atom stereocenters. The Bertz CT molecular complexity index is 1590. The molecule has 2 N–H and O–H groups in total. The molecule has 0 radical (unpaired) electrons. The maximum absolute atomic E-state index is 12.0. The lowest BCUT2D eigenvalue weighted by atomic mass is 9.60. The van der Waals surface area contributed by atoms with E-state index in [4.69, 9.17) is 16.7 Å². The zero-order valence-corrected chi connectivity index (χ0v) is 23.6. The third-order valence-electron chi connectivity index (χ3n) is 8.35. The fourth-order valence-corrected chi connectivity index (χ4v) is 6.77. The highest BCUT2D eigenvalue weighted by atomic mass is 35.5. The van der Waals surface area contributed by atoms with Gasteiger partial charge in [-0.3, -0.25) is 14.6 Å². The lowest BCUT2D eigenvalue weighted by Gasteiger charge is -2.58. The van der Waals surface area contributed by atoms with Crippen molar-refractivity contribution in [1.29, 1.82) is 0 Å². The van der Waals surface area contributed by atoms with E-state index in [1.54, 1.807) is 0 Å². The minimum atomic E-state index is -0.777. The second-order valence-corrected chi connectivity index (χ2v) is 12.5. The number of carbonyl (C=O) groups is 1. The van der Waals surface area contributed by atoms with Gasteiger partial charge >= 0.3 is 0 Å². The number of benzene rings is 2. The number of halogens is 1. The van der Waals surface area contributed by atoms with E-state index in [1.165, 1.54) is 6.08 Å². The van der Waals surface area contributed by atoms with Gasteiger partial charge in [0.1, 0.15) is 5.69 Å². The third-order valence-corrected chi connectivity index (χ3v) is 8.84. The molecular weight excluding hydrogens is 510 g/mol. The van der Waals surface area contributed by atoms with E-state index in [1.807, 2.05) is 37.9 Å². The molecule has 6 rings (SSSR count). The first kappa shape index (κ1) is 25.8. The molecule has 1 aliphatic heterocycles. The van der Waals surface area contributed by atoms with Crippen molar-refractivity contribution in [3.63, 3.8) is 0 Å². The topological polar surface area (TPSA) is 87.0 Å². The van der Waals surface area contributed by atoms with Gasteiger partial charge < -0.3 is 10.0 Å². The SMILES string of the molecule is C=CC(=O)N1CC2(CC(n3nc(-c4ccc(CC(C)(C)O)cc4)c(-c4c(Cl)c(C)cc5[nH]ncc45)c3C)C2)C1. The third kappa shape index (κ3) is 4.38. The molecule has 1 amide bonds. The summed E-state index contributed by atoms with van der Waals surface area (Å²) in [5.74, 6) is 0.00941. The highest BCUT2D eigenvalue weighted by Gasteiger charge is 2.54. The molecule has 2 fully saturated rings. The van der Waals surface area contributed by atoms with Crippen LogP contribution in [0.1, 0.15) is 49.6 Å². The monoisotopic (exact) mass is 543 g/mol. The molecule has 0 atom stereocenters. The van der Waals surface area contributed by atoms with Crippen molar-refractivity contribution in [3.05, 3.63) is 71.0 Å². The van der Waals surface area contributed by atoms with Gasteiger partial charge in [0, 0.05) is 52.7 Å². The maximum Gasteiger partial charge on any atom is 0.245 e. The highest BCUT2D eigenvalue weighted by Crippen LogP contribution is 2.55. The Hall–Kier alpha value is -3.42. The molecule has 7 nitrogen and oxygen atoms in total. The van der Waals surface area contributed by atoms with Crippen LogP contribution in [-0.4, -0.2) is 54.6 Å². The molecule has 202 valence electrons. The van der Waals surface area contributed by atoms with Crippen molar-refractivity contribution in [2.24, 2.45) is 5.41 Å². The minimum absolute atomic E-state index is 0.00941. The zero-order chi connectivity index (χ0) is 27.7. The van der Waals surface area contributed by atoms with Gasteiger partial charge in [-0.05, 0) is 63.8 Å². The van der Waals surface area contributed by atoms with Gasteiger partial charge in [0.05, 0.1) is 28.4 Å². The van der Waals surface area contributed by atoms with Crippen molar-refractivity contribution in [3.8, 4) is 22.4 Å². The first-order valence-corrected chi connectivity index (χ1v) is 13.8. The number of rotatable bonds is 6. The van der Waals surface area contributed by atoms with E-state index in [0.29, 0.717) is 11.4 Å². The van der Waals surface area contributed by atoms with Crippen LogP contribution in [0.5, 0.6) is 0 Å². The Morgan fingerprint density at radius 2 is 1.92 bits per heavy atom. The molecule has 1 saturated carbocycles. The molecule has 4 aromatic rings. The van der Waals surface area contributed by atoms with Crippen LogP contribution in [0.4, 0.5) is 0 Å². The molecule has 8 heteroatoms. The predicted molar refractivity (Wildman–Crippen MR) is 155 cm³/mol. The van der Waals surface area contributed by atoms with Crippen LogP contribution >= 0.6 is 11.6 Å². The van der Waals surface area contributed by atoms with Crippen molar-refractivity contribution >= 4 is 28.4 Å². The number of hydrogen-bond acceptors (Lipinski definition) is 4. The molecule has 39 heavy (non-hydrogen) atoms. The van der Waals surface area contributed by atoms with Gasteiger partial charge in [-0.15, -0.1) is 0 Å². The van der Waals surface area contributed by atoms with E-state index >= 15 is 0 Å². The fourth-order valence-electron chi connectivity index (χ4n) is 6.52. The molecule has 2 aliphatic rings. The summed E-state index contributed by atoms with van der Waals surface area (Å²) in [6.07, 6.45) is 5.78. The smallest absolute Gasteiger partial charge is 0.245 e. The summed E-state index contributed by atoms with van der Waals surface area (Å²) in [6, 6.07) is 10.6. The van der Waals surface area contributed by atoms with Crippen molar-refractivity contribution in [1.82, 2.24) is 24.9 Å². The first-order chi connectivity index (χ1) is 18.5. The summed E-state index contributed by atoms with van der Waals surface area (Å²) in [4.78, 5) is 13.9. The van der Waals surface area contributed by atoms with Gasteiger partial charge in [-0.2, -0.15) is 10.2 Å². The number of aryl methyl sites for hydroxylation is 1. The van der Waals surface area contributed by atoms with Crippen LogP contribution in [0.25, 0.3) is 33.3 Å². The van der Waals surface area contributed by atoms with Crippen molar-refractivity contribution in [2.45, 2.75) is 58.6 Å². The number of likely N-dealkylation sites (tertiary alicyclic amines) is 1. The van der Waals surface area contributed by atoms with Crippen LogP contribution in [0, 0.1) is 19.3 Å². The number of amides is 1. The summed E-state index contributed by atoms with van der Waals surface area (Å²) >= 11 is 7.01. The largest absolute Gasteiger partial charge is 0.390 e. The predicted octanol–water partition coefficient (Wildman–Crippen LogP) is 6.03. The van der Waals surface area contributed by atoms with E-state index in [2.05, 4.69) is 52.6 Å². The van der Waals surface area contributed by atoms with Gasteiger partial charge in [0.25, 0.3) is 0 Å². The average molecular weight is 544 g/mol. The van der Waals surface area contributed by atoms with Gasteiger partial charge in [-0.25, -0.2) is 0 Å². The fraction of sp³-hybridized carbons (Fsp3) is 0.387. The maximum atomic E-state index is 12.0. The summed E-state index contributed by atoms with van der Waals surface area (Å²) in [5, 5.41) is 24.6. The molecule has 2 aromatic carbocycles. The molecule has 3 heterocycles. The van der Waals surface area contributed by atoms with Gasteiger partial charge in [0.15, 0.2) is 0 Å². The van der Waals surface area contributed by atoms with E-state index in [9.17, 15) is 9.90 Å². The van der Waals surface area contributed by atoms with Crippen LogP contribution in [0.2, 0.25) is 5.02 Å². The summed E-state index contributed by atoms with van der Waals surface area (Å²) in [5.41, 5.74) is 7.30.